The summed E-state index contributed by atoms with van der Waals surface area (Å²) in [5.41, 5.74) is 0.347. The molecule has 0 aliphatic carbocycles. The molecule has 0 bridgehead atoms. The summed E-state index contributed by atoms with van der Waals surface area (Å²) < 4.78 is 17.9. The zero-order chi connectivity index (χ0) is 12.1. The number of carbonyl (C=O) groups is 1. The second kappa shape index (κ2) is 5.82. The molecule has 0 radical (unpaired) electrons. The van der Waals surface area contributed by atoms with E-state index in [1.807, 2.05) is 0 Å². The van der Waals surface area contributed by atoms with Gasteiger partial charge in [-0.25, -0.2) is 4.39 Å². The molecule has 1 aromatic carbocycles. The molecule has 5 heteroatoms. The van der Waals surface area contributed by atoms with E-state index in [0.717, 1.165) is 0 Å². The third-order valence-corrected chi connectivity index (χ3v) is 2.56. The average molecular weight is 246 g/mol. The Morgan fingerprint density at radius 3 is 2.88 bits per heavy atom. The molecule has 1 aromatic rings. The van der Waals surface area contributed by atoms with E-state index in [1.54, 1.807) is 13.0 Å². The van der Waals surface area contributed by atoms with E-state index >= 15 is 0 Å². The summed E-state index contributed by atoms with van der Waals surface area (Å²) in [6.45, 7) is 1.82. The van der Waals surface area contributed by atoms with Gasteiger partial charge in [-0.3, -0.25) is 4.79 Å². The van der Waals surface area contributed by atoms with E-state index in [-0.39, 0.29) is 6.54 Å². The summed E-state index contributed by atoms with van der Waals surface area (Å²) in [6.07, 6.45) is 0. The van der Waals surface area contributed by atoms with Crippen LogP contribution in [0.5, 0.6) is 0 Å². The fourth-order valence-corrected chi connectivity index (χ4v) is 1.45. The van der Waals surface area contributed by atoms with E-state index in [2.05, 4.69) is 10.1 Å². The molecule has 1 N–H and O–H groups in total. The fraction of sp³-hybridized carbons (Fsp3) is 0.364. The Morgan fingerprint density at radius 2 is 2.31 bits per heavy atom. The maximum absolute atomic E-state index is 13.3. The average Bonchev–Trinajstić information content (AvgIpc) is 2.27. The zero-order valence-corrected chi connectivity index (χ0v) is 9.84. The minimum absolute atomic E-state index is 0.182. The van der Waals surface area contributed by atoms with Gasteiger partial charge in [0.1, 0.15) is 11.9 Å². The lowest BCUT2D eigenvalue weighted by molar-refractivity contribution is -0.142. The number of hydrogen-bond donors (Lipinski definition) is 1. The molecule has 0 amide bonds. The van der Waals surface area contributed by atoms with Gasteiger partial charge in [0.2, 0.25) is 0 Å². The molecular weight excluding hydrogens is 233 g/mol. The molecule has 0 aliphatic heterocycles. The Bertz CT molecular complexity index is 364. The quantitative estimate of drug-likeness (QED) is 0.826. The van der Waals surface area contributed by atoms with Gasteiger partial charge in [0.15, 0.2) is 0 Å². The number of ether oxygens (including phenoxy) is 1. The van der Waals surface area contributed by atoms with Crippen LogP contribution in [0, 0.1) is 5.82 Å². The molecule has 0 aliphatic rings. The molecule has 16 heavy (non-hydrogen) atoms. The minimum Gasteiger partial charge on any atom is -0.468 e. The monoisotopic (exact) mass is 245 g/mol. The number of rotatable bonds is 4. The van der Waals surface area contributed by atoms with Crippen molar-refractivity contribution in [2.24, 2.45) is 0 Å². The van der Waals surface area contributed by atoms with Gasteiger partial charge < -0.3 is 10.1 Å². The number of halogens is 2. The Hall–Kier alpha value is -1.13. The van der Waals surface area contributed by atoms with Crippen LogP contribution in [0.25, 0.3) is 0 Å². The molecule has 3 nitrogen and oxygen atoms in total. The maximum Gasteiger partial charge on any atom is 0.322 e. The molecule has 0 saturated heterocycles. The van der Waals surface area contributed by atoms with E-state index in [4.69, 9.17) is 11.6 Å². The van der Waals surface area contributed by atoms with Crippen molar-refractivity contribution in [1.82, 2.24) is 5.32 Å². The Labute approximate surface area is 98.5 Å². The van der Waals surface area contributed by atoms with Crippen LogP contribution >= 0.6 is 11.6 Å². The summed E-state index contributed by atoms with van der Waals surface area (Å²) >= 11 is 5.83. The van der Waals surface area contributed by atoms with Crippen molar-refractivity contribution >= 4 is 17.6 Å². The Morgan fingerprint density at radius 1 is 1.62 bits per heavy atom. The number of benzene rings is 1. The van der Waals surface area contributed by atoms with Crippen LogP contribution in [0.3, 0.4) is 0 Å². The van der Waals surface area contributed by atoms with Crippen molar-refractivity contribution in [2.75, 3.05) is 7.11 Å². The van der Waals surface area contributed by atoms with Crippen LogP contribution in [0.4, 0.5) is 4.39 Å². The second-order valence-electron chi connectivity index (χ2n) is 3.33. The first kappa shape index (κ1) is 12.9. The molecule has 0 spiro atoms. The number of carbonyl (C=O) groups excluding carboxylic acids is 1. The molecule has 1 atom stereocenters. The summed E-state index contributed by atoms with van der Waals surface area (Å²) in [7, 11) is 1.30. The lowest BCUT2D eigenvalue weighted by atomic mass is 10.2. The Kier molecular flexibility index (Phi) is 4.71. The van der Waals surface area contributed by atoms with Crippen molar-refractivity contribution < 1.29 is 13.9 Å². The molecular formula is C11H13ClFNO2. The van der Waals surface area contributed by atoms with Crippen LogP contribution in [0.2, 0.25) is 5.02 Å². The fourth-order valence-electron chi connectivity index (χ4n) is 1.22. The highest BCUT2D eigenvalue weighted by atomic mass is 35.5. The standard InChI is InChI=1S/C11H13ClFNO2/c1-7(11(15)16-2)14-6-8-9(12)4-3-5-10(8)13/h3-5,7,14H,6H2,1-2H3. The highest BCUT2D eigenvalue weighted by Crippen LogP contribution is 2.18. The topological polar surface area (TPSA) is 38.3 Å². The van der Waals surface area contributed by atoms with Crippen LogP contribution in [-0.2, 0) is 16.1 Å². The van der Waals surface area contributed by atoms with Crippen molar-refractivity contribution in [2.45, 2.75) is 19.5 Å². The predicted molar refractivity (Wildman–Crippen MR) is 59.7 cm³/mol. The second-order valence-corrected chi connectivity index (χ2v) is 3.73. The van der Waals surface area contributed by atoms with Gasteiger partial charge in [-0.1, -0.05) is 17.7 Å². The SMILES string of the molecule is COC(=O)C(C)NCc1c(F)cccc1Cl. The van der Waals surface area contributed by atoms with Crippen LogP contribution in [0.15, 0.2) is 18.2 Å². The third-order valence-electron chi connectivity index (χ3n) is 2.20. The van der Waals surface area contributed by atoms with Crippen molar-refractivity contribution in [3.05, 3.63) is 34.6 Å². The number of nitrogens with one attached hydrogen (secondary N) is 1. The largest absolute Gasteiger partial charge is 0.468 e. The van der Waals surface area contributed by atoms with Crippen molar-refractivity contribution in [3.63, 3.8) is 0 Å². The zero-order valence-electron chi connectivity index (χ0n) is 9.09. The number of esters is 1. The summed E-state index contributed by atoms with van der Waals surface area (Å²) in [6, 6.07) is 3.96. The lowest BCUT2D eigenvalue weighted by Gasteiger charge is -2.12. The normalized spacial score (nSPS) is 12.2. The first-order valence-electron chi connectivity index (χ1n) is 4.80. The Balaban J connectivity index is 2.64. The summed E-state index contributed by atoms with van der Waals surface area (Å²) in [5.74, 6) is -0.787. The highest BCUT2D eigenvalue weighted by molar-refractivity contribution is 6.31. The molecule has 0 fully saturated rings. The van der Waals surface area contributed by atoms with Gasteiger partial charge in [0.05, 0.1) is 7.11 Å². The van der Waals surface area contributed by atoms with E-state index < -0.39 is 17.8 Å². The summed E-state index contributed by atoms with van der Waals surface area (Å²) in [5, 5.41) is 3.17. The molecule has 1 unspecified atom stereocenters. The number of hydrogen-bond acceptors (Lipinski definition) is 3. The van der Waals surface area contributed by atoms with Crippen molar-refractivity contribution in [3.8, 4) is 0 Å². The molecule has 88 valence electrons. The predicted octanol–water partition coefficient (Wildman–Crippen LogP) is 2.13. The molecule has 1 rings (SSSR count). The third kappa shape index (κ3) is 3.18. The van der Waals surface area contributed by atoms with Gasteiger partial charge in [-0.15, -0.1) is 0 Å². The van der Waals surface area contributed by atoms with Crippen LogP contribution in [-0.4, -0.2) is 19.1 Å². The molecule has 0 heterocycles. The highest BCUT2D eigenvalue weighted by Gasteiger charge is 2.14. The summed E-state index contributed by atoms with van der Waals surface area (Å²) in [4.78, 5) is 11.1. The minimum atomic E-state index is -0.499. The first-order valence-corrected chi connectivity index (χ1v) is 5.18. The lowest BCUT2D eigenvalue weighted by Crippen LogP contribution is -2.34. The molecule has 0 saturated carbocycles. The van der Waals surface area contributed by atoms with Gasteiger partial charge in [0, 0.05) is 17.1 Å². The van der Waals surface area contributed by atoms with Crippen LogP contribution in [0.1, 0.15) is 12.5 Å². The molecule has 0 aromatic heterocycles. The van der Waals surface area contributed by atoms with Gasteiger partial charge in [-0.05, 0) is 19.1 Å². The van der Waals surface area contributed by atoms with E-state index in [1.165, 1.54) is 19.2 Å². The van der Waals surface area contributed by atoms with Gasteiger partial charge in [0.25, 0.3) is 0 Å². The maximum atomic E-state index is 13.3. The number of methoxy groups -OCH3 is 1. The smallest absolute Gasteiger partial charge is 0.322 e. The van der Waals surface area contributed by atoms with E-state index in [0.29, 0.717) is 10.6 Å². The van der Waals surface area contributed by atoms with Gasteiger partial charge >= 0.3 is 5.97 Å². The van der Waals surface area contributed by atoms with Crippen LogP contribution < -0.4 is 5.32 Å². The van der Waals surface area contributed by atoms with E-state index in [9.17, 15) is 9.18 Å². The van der Waals surface area contributed by atoms with Crippen molar-refractivity contribution in [1.29, 1.82) is 0 Å². The first-order chi connectivity index (χ1) is 7.56. The van der Waals surface area contributed by atoms with Gasteiger partial charge in [-0.2, -0.15) is 0 Å².